The standard InChI is InChI=1S/C24H28N4OS2/c1-4-12-28-23(20-14-30-21-13-16(2)10-11-19(20)21)26-27-24(28)31-15-22(29)25-17(3)18-8-6-5-7-9-18/h4-9,14,16-17H,1,10-13,15H2,2-3H3,(H,25,29). The minimum absolute atomic E-state index is 0.0158. The van der Waals surface area contributed by atoms with Crippen molar-refractivity contribution in [3.8, 4) is 11.4 Å². The third-order valence-corrected chi connectivity index (χ3v) is 7.70. The second kappa shape index (κ2) is 9.83. The number of hydrogen-bond donors (Lipinski definition) is 1. The van der Waals surface area contributed by atoms with Crippen molar-refractivity contribution in [1.29, 1.82) is 0 Å². The van der Waals surface area contributed by atoms with E-state index in [1.807, 2.05) is 54.7 Å². The van der Waals surface area contributed by atoms with Gasteiger partial charge in [0.05, 0.1) is 11.8 Å². The van der Waals surface area contributed by atoms with Crippen molar-refractivity contribution in [2.45, 2.75) is 50.9 Å². The number of nitrogens with one attached hydrogen (secondary N) is 1. The van der Waals surface area contributed by atoms with Gasteiger partial charge in [-0.05, 0) is 43.2 Å². The van der Waals surface area contributed by atoms with Gasteiger partial charge in [-0.3, -0.25) is 9.36 Å². The molecule has 0 saturated carbocycles. The van der Waals surface area contributed by atoms with E-state index in [1.54, 1.807) is 0 Å². The number of aromatic nitrogens is 3. The Hall–Kier alpha value is -2.38. The molecule has 0 aliphatic heterocycles. The van der Waals surface area contributed by atoms with E-state index >= 15 is 0 Å². The van der Waals surface area contributed by atoms with E-state index in [9.17, 15) is 4.79 Å². The number of carbonyl (C=O) groups excluding carboxylic acids is 1. The summed E-state index contributed by atoms with van der Waals surface area (Å²) in [5, 5.41) is 15.0. The van der Waals surface area contributed by atoms with Gasteiger partial charge in [0, 0.05) is 22.4 Å². The van der Waals surface area contributed by atoms with Crippen LogP contribution in [-0.2, 0) is 24.2 Å². The fourth-order valence-electron chi connectivity index (χ4n) is 3.99. The minimum atomic E-state index is -0.0318. The minimum Gasteiger partial charge on any atom is -0.349 e. The molecule has 1 amide bonds. The molecule has 2 atom stereocenters. The first kappa shape index (κ1) is 21.8. The summed E-state index contributed by atoms with van der Waals surface area (Å²) in [6, 6.07) is 9.95. The molecule has 0 fully saturated rings. The van der Waals surface area contributed by atoms with Crippen molar-refractivity contribution in [2.24, 2.45) is 5.92 Å². The maximum atomic E-state index is 12.5. The zero-order valence-electron chi connectivity index (χ0n) is 18.0. The van der Waals surface area contributed by atoms with Gasteiger partial charge in [0.1, 0.15) is 0 Å². The van der Waals surface area contributed by atoms with E-state index in [0.717, 1.165) is 35.3 Å². The number of benzene rings is 1. The molecule has 2 aromatic heterocycles. The highest BCUT2D eigenvalue weighted by Crippen LogP contribution is 2.38. The lowest BCUT2D eigenvalue weighted by Gasteiger charge is -2.19. The fraction of sp³-hybridized carbons (Fsp3) is 0.375. The number of amides is 1. The average molecular weight is 453 g/mol. The maximum Gasteiger partial charge on any atom is 0.230 e. The number of thioether (sulfide) groups is 1. The van der Waals surface area contributed by atoms with Crippen LogP contribution < -0.4 is 5.32 Å². The second-order valence-corrected chi connectivity index (χ2v) is 10.00. The molecule has 4 rings (SSSR count). The van der Waals surface area contributed by atoms with Crippen LogP contribution in [-0.4, -0.2) is 26.4 Å². The Bertz CT molecular complexity index is 1060. The molecule has 162 valence electrons. The first-order valence-electron chi connectivity index (χ1n) is 10.7. The van der Waals surface area contributed by atoms with Gasteiger partial charge in [0.25, 0.3) is 0 Å². The summed E-state index contributed by atoms with van der Waals surface area (Å²) in [6.45, 7) is 8.84. The summed E-state index contributed by atoms with van der Waals surface area (Å²) in [5.74, 6) is 1.91. The third-order valence-electron chi connectivity index (χ3n) is 5.68. The molecule has 31 heavy (non-hydrogen) atoms. The molecule has 2 unspecified atom stereocenters. The summed E-state index contributed by atoms with van der Waals surface area (Å²) in [5.41, 5.74) is 3.71. The Morgan fingerprint density at radius 2 is 2.19 bits per heavy atom. The molecule has 1 aliphatic rings. The molecule has 0 radical (unpaired) electrons. The van der Waals surface area contributed by atoms with Crippen molar-refractivity contribution in [2.75, 3.05) is 5.75 Å². The first-order valence-corrected chi connectivity index (χ1v) is 12.5. The van der Waals surface area contributed by atoms with E-state index in [4.69, 9.17) is 0 Å². The summed E-state index contributed by atoms with van der Waals surface area (Å²) in [4.78, 5) is 14.0. The van der Waals surface area contributed by atoms with Crippen LogP contribution in [0.25, 0.3) is 11.4 Å². The Morgan fingerprint density at radius 1 is 1.39 bits per heavy atom. The number of hydrogen-bond acceptors (Lipinski definition) is 5. The van der Waals surface area contributed by atoms with Crippen molar-refractivity contribution < 1.29 is 4.79 Å². The molecule has 0 spiro atoms. The van der Waals surface area contributed by atoms with E-state index < -0.39 is 0 Å². The smallest absolute Gasteiger partial charge is 0.230 e. The van der Waals surface area contributed by atoms with Crippen LogP contribution in [0.1, 0.15) is 42.3 Å². The third kappa shape index (κ3) is 4.93. The van der Waals surface area contributed by atoms with Crippen LogP contribution in [0, 0.1) is 5.92 Å². The molecular formula is C24H28N4OS2. The van der Waals surface area contributed by atoms with Crippen LogP contribution in [0.2, 0.25) is 0 Å². The van der Waals surface area contributed by atoms with Gasteiger partial charge in [-0.15, -0.1) is 28.1 Å². The van der Waals surface area contributed by atoms with Gasteiger partial charge in [0.2, 0.25) is 5.91 Å². The van der Waals surface area contributed by atoms with Crippen molar-refractivity contribution in [3.05, 3.63) is 64.4 Å². The Kier molecular flexibility index (Phi) is 6.92. The molecule has 1 aliphatic carbocycles. The zero-order valence-corrected chi connectivity index (χ0v) is 19.6. The predicted octanol–water partition coefficient (Wildman–Crippen LogP) is 5.29. The van der Waals surface area contributed by atoms with Gasteiger partial charge in [0.15, 0.2) is 11.0 Å². The van der Waals surface area contributed by atoms with Crippen LogP contribution in [0.5, 0.6) is 0 Å². The van der Waals surface area contributed by atoms with Crippen LogP contribution in [0.4, 0.5) is 0 Å². The Labute approximate surface area is 192 Å². The molecule has 5 nitrogen and oxygen atoms in total. The van der Waals surface area contributed by atoms with E-state index in [0.29, 0.717) is 12.3 Å². The lowest BCUT2D eigenvalue weighted by atomic mass is 9.88. The molecule has 7 heteroatoms. The fourth-order valence-corrected chi connectivity index (χ4v) is 5.99. The topological polar surface area (TPSA) is 59.8 Å². The average Bonchev–Trinajstić information content (AvgIpc) is 3.36. The van der Waals surface area contributed by atoms with E-state index in [-0.39, 0.29) is 11.9 Å². The monoisotopic (exact) mass is 452 g/mol. The van der Waals surface area contributed by atoms with E-state index in [1.165, 1.54) is 34.2 Å². The normalized spacial score (nSPS) is 16.5. The first-order chi connectivity index (χ1) is 15.1. The van der Waals surface area contributed by atoms with Gasteiger partial charge < -0.3 is 5.32 Å². The maximum absolute atomic E-state index is 12.5. The zero-order chi connectivity index (χ0) is 21.8. The molecule has 0 bridgehead atoms. The number of nitrogens with zero attached hydrogens (tertiary/aromatic N) is 3. The van der Waals surface area contributed by atoms with Crippen molar-refractivity contribution in [1.82, 2.24) is 20.1 Å². The van der Waals surface area contributed by atoms with Crippen LogP contribution >= 0.6 is 23.1 Å². The molecule has 1 aromatic carbocycles. The molecule has 0 saturated heterocycles. The van der Waals surface area contributed by atoms with E-state index in [2.05, 4.69) is 39.0 Å². The summed E-state index contributed by atoms with van der Waals surface area (Å²) in [6.07, 6.45) is 5.32. The lowest BCUT2D eigenvalue weighted by molar-refractivity contribution is -0.119. The molecule has 1 N–H and O–H groups in total. The largest absolute Gasteiger partial charge is 0.349 e. The number of allylic oxidation sites excluding steroid dienone is 1. The predicted molar refractivity (Wildman–Crippen MR) is 128 cm³/mol. The summed E-state index contributed by atoms with van der Waals surface area (Å²) >= 11 is 3.25. The molecular weight excluding hydrogens is 424 g/mol. The van der Waals surface area contributed by atoms with Gasteiger partial charge in [-0.1, -0.05) is 55.1 Å². The number of fused-ring (bicyclic) bond motifs is 1. The molecule has 3 aromatic rings. The summed E-state index contributed by atoms with van der Waals surface area (Å²) in [7, 11) is 0. The number of carbonyl (C=O) groups is 1. The SMILES string of the molecule is C=CCn1c(SCC(=O)NC(C)c2ccccc2)nnc1-c1csc2c1CCC(C)C2. The highest BCUT2D eigenvalue weighted by atomic mass is 32.2. The number of rotatable bonds is 8. The van der Waals surface area contributed by atoms with Crippen LogP contribution in [0.15, 0.2) is 53.5 Å². The highest BCUT2D eigenvalue weighted by molar-refractivity contribution is 7.99. The highest BCUT2D eigenvalue weighted by Gasteiger charge is 2.24. The Balaban J connectivity index is 1.47. The van der Waals surface area contributed by atoms with Crippen LogP contribution in [0.3, 0.4) is 0 Å². The van der Waals surface area contributed by atoms with Gasteiger partial charge in [-0.2, -0.15) is 0 Å². The second-order valence-electron chi connectivity index (χ2n) is 8.09. The lowest BCUT2D eigenvalue weighted by Crippen LogP contribution is -2.28. The van der Waals surface area contributed by atoms with Crippen molar-refractivity contribution in [3.63, 3.8) is 0 Å². The quantitative estimate of drug-likeness (QED) is 0.373. The Morgan fingerprint density at radius 3 is 2.97 bits per heavy atom. The number of thiophene rings is 1. The molecule has 2 heterocycles. The summed E-state index contributed by atoms with van der Waals surface area (Å²) < 4.78 is 2.08. The van der Waals surface area contributed by atoms with Crippen molar-refractivity contribution >= 4 is 29.0 Å². The van der Waals surface area contributed by atoms with Gasteiger partial charge in [-0.25, -0.2) is 0 Å². The van der Waals surface area contributed by atoms with Gasteiger partial charge >= 0.3 is 0 Å².